The number of carboxylic acid groups (broad SMARTS) is 2. The molecule has 13 N–H and O–H groups in total. The Kier molecular flexibility index (Phi) is 18.3. The van der Waals surface area contributed by atoms with E-state index in [2.05, 4.69) is 20.9 Å². The van der Waals surface area contributed by atoms with E-state index in [0.717, 1.165) is 0 Å². The van der Waals surface area contributed by atoms with E-state index in [9.17, 15) is 29.1 Å². The lowest BCUT2D eigenvalue weighted by Gasteiger charge is -2.25. The number of hydrogen-bond donors (Lipinski definition) is 9. The summed E-state index contributed by atoms with van der Waals surface area (Å²) in [5.41, 5.74) is 22.0. The third-order valence-corrected chi connectivity index (χ3v) is 6.03. The molecule has 0 aromatic carbocycles. The average molecular weight is 563 g/mol. The maximum absolute atomic E-state index is 13.1. The molecule has 0 saturated carbocycles. The van der Waals surface area contributed by atoms with Gasteiger partial charge in [0.15, 0.2) is 5.96 Å². The molecule has 4 unspecified atom stereocenters. The maximum atomic E-state index is 13.1. The Labute approximate surface area is 226 Å². The van der Waals surface area contributed by atoms with Gasteiger partial charge in [0.1, 0.15) is 18.1 Å². The van der Waals surface area contributed by atoms with Crippen LogP contribution in [0.5, 0.6) is 0 Å². The van der Waals surface area contributed by atoms with Gasteiger partial charge >= 0.3 is 11.9 Å². The molecular formula is C22H42N8O7S. The number of carbonyl (C=O) groups excluding carboxylic acids is 3. The Bertz CT molecular complexity index is 811. The van der Waals surface area contributed by atoms with Crippen LogP contribution in [0.1, 0.15) is 51.4 Å². The molecule has 0 bridgehead atoms. The van der Waals surface area contributed by atoms with Crippen LogP contribution < -0.4 is 38.9 Å². The molecule has 0 heterocycles. The van der Waals surface area contributed by atoms with E-state index in [4.69, 9.17) is 28.0 Å². The largest absolute Gasteiger partial charge is 0.481 e. The highest BCUT2D eigenvalue weighted by molar-refractivity contribution is 7.98. The number of rotatable bonds is 21. The molecule has 0 aliphatic heterocycles. The average Bonchev–Trinajstić information content (AvgIpc) is 2.85. The second kappa shape index (κ2) is 19.9. The van der Waals surface area contributed by atoms with Gasteiger partial charge in [0.2, 0.25) is 17.7 Å². The van der Waals surface area contributed by atoms with Crippen LogP contribution in [0, 0.1) is 0 Å². The zero-order valence-electron chi connectivity index (χ0n) is 21.7. The minimum Gasteiger partial charge on any atom is -0.481 e. The van der Waals surface area contributed by atoms with Gasteiger partial charge in [-0.3, -0.25) is 24.2 Å². The molecule has 218 valence electrons. The van der Waals surface area contributed by atoms with Gasteiger partial charge < -0.3 is 49.1 Å². The van der Waals surface area contributed by atoms with E-state index in [1.807, 2.05) is 6.26 Å². The van der Waals surface area contributed by atoms with Gasteiger partial charge in [0, 0.05) is 13.0 Å². The number of guanidine groups is 1. The molecule has 38 heavy (non-hydrogen) atoms. The predicted molar refractivity (Wildman–Crippen MR) is 144 cm³/mol. The van der Waals surface area contributed by atoms with Crippen LogP contribution in [-0.2, 0) is 24.0 Å². The first-order valence-electron chi connectivity index (χ1n) is 12.3. The van der Waals surface area contributed by atoms with Gasteiger partial charge in [-0.1, -0.05) is 6.42 Å². The van der Waals surface area contributed by atoms with Crippen LogP contribution in [0.25, 0.3) is 0 Å². The molecule has 0 aliphatic carbocycles. The second-order valence-corrected chi connectivity index (χ2v) is 9.56. The van der Waals surface area contributed by atoms with E-state index < -0.39 is 60.2 Å². The molecule has 0 saturated heterocycles. The third-order valence-electron chi connectivity index (χ3n) is 5.39. The number of hydrogen-bond acceptors (Lipinski definition) is 9. The molecule has 16 heteroatoms. The van der Waals surface area contributed by atoms with Gasteiger partial charge in [-0.2, -0.15) is 11.8 Å². The lowest BCUT2D eigenvalue weighted by molar-refractivity contribution is -0.143. The molecule has 3 amide bonds. The fourth-order valence-electron chi connectivity index (χ4n) is 3.27. The number of unbranched alkanes of at least 4 members (excludes halogenated alkanes) is 1. The van der Waals surface area contributed by atoms with E-state index in [-0.39, 0.29) is 38.2 Å². The van der Waals surface area contributed by atoms with Gasteiger partial charge in [-0.15, -0.1) is 0 Å². The van der Waals surface area contributed by atoms with Gasteiger partial charge in [-0.25, -0.2) is 4.79 Å². The zero-order valence-corrected chi connectivity index (χ0v) is 22.5. The number of aliphatic imine (C=N–C) groups is 1. The Hall–Kier alpha value is -3.11. The van der Waals surface area contributed by atoms with Crippen LogP contribution in [0.4, 0.5) is 0 Å². The first-order chi connectivity index (χ1) is 17.9. The summed E-state index contributed by atoms with van der Waals surface area (Å²) in [6.45, 7) is 0.617. The lowest BCUT2D eigenvalue weighted by Crippen LogP contribution is -2.57. The number of carbonyl (C=O) groups is 5. The minimum absolute atomic E-state index is 0.0431. The summed E-state index contributed by atoms with van der Waals surface area (Å²) >= 11 is 1.46. The molecular weight excluding hydrogens is 520 g/mol. The molecule has 15 nitrogen and oxygen atoms in total. The summed E-state index contributed by atoms with van der Waals surface area (Å²) < 4.78 is 0. The van der Waals surface area contributed by atoms with Crippen LogP contribution >= 0.6 is 11.8 Å². The molecule has 0 spiro atoms. The summed E-state index contributed by atoms with van der Waals surface area (Å²) in [5.74, 6) is -4.26. The molecule has 0 aromatic rings. The summed E-state index contributed by atoms with van der Waals surface area (Å²) in [7, 11) is 0. The maximum Gasteiger partial charge on any atom is 0.326 e. The van der Waals surface area contributed by atoms with Gasteiger partial charge in [0.05, 0.1) is 6.04 Å². The number of nitrogens with one attached hydrogen (secondary N) is 3. The normalized spacial score (nSPS) is 13.9. The number of nitrogens with zero attached hydrogens (tertiary/aromatic N) is 1. The van der Waals surface area contributed by atoms with Crippen LogP contribution in [0.3, 0.4) is 0 Å². The Morgan fingerprint density at radius 1 is 0.816 bits per heavy atom. The van der Waals surface area contributed by atoms with E-state index >= 15 is 0 Å². The highest BCUT2D eigenvalue weighted by Crippen LogP contribution is 2.07. The van der Waals surface area contributed by atoms with Crippen molar-refractivity contribution >= 4 is 47.4 Å². The van der Waals surface area contributed by atoms with Crippen LogP contribution in [0.15, 0.2) is 4.99 Å². The van der Waals surface area contributed by atoms with Crippen molar-refractivity contribution in [3.63, 3.8) is 0 Å². The third kappa shape index (κ3) is 15.9. The Morgan fingerprint density at radius 2 is 1.39 bits per heavy atom. The SMILES string of the molecule is CSCCC(NC(=O)C(N)CCCCN)C(=O)NC(CCCN=C(N)N)C(=O)NC(CCC(=O)O)C(=O)O. The highest BCUT2D eigenvalue weighted by Gasteiger charge is 2.30. The molecule has 0 fully saturated rings. The van der Waals surface area contributed by atoms with Crippen molar-refractivity contribution in [2.24, 2.45) is 27.9 Å². The van der Waals surface area contributed by atoms with Crippen molar-refractivity contribution in [1.82, 2.24) is 16.0 Å². The fraction of sp³-hybridized carbons (Fsp3) is 0.727. The first kappa shape index (κ1) is 34.9. The first-order valence-corrected chi connectivity index (χ1v) is 13.7. The van der Waals surface area contributed by atoms with Crippen molar-refractivity contribution in [2.75, 3.05) is 25.1 Å². The summed E-state index contributed by atoms with van der Waals surface area (Å²) in [6.07, 6.45) is 3.31. The van der Waals surface area contributed by atoms with Crippen LogP contribution in [-0.4, -0.2) is 95.1 Å². The van der Waals surface area contributed by atoms with Gasteiger partial charge in [0.25, 0.3) is 0 Å². The predicted octanol–water partition coefficient (Wildman–Crippen LogP) is -2.35. The topological polar surface area (TPSA) is 278 Å². The lowest BCUT2D eigenvalue weighted by atomic mass is 10.1. The fourth-order valence-corrected chi connectivity index (χ4v) is 3.74. The molecule has 4 atom stereocenters. The Morgan fingerprint density at radius 3 is 1.92 bits per heavy atom. The van der Waals surface area contributed by atoms with E-state index in [1.165, 1.54) is 11.8 Å². The van der Waals surface area contributed by atoms with E-state index in [0.29, 0.717) is 31.6 Å². The number of carboxylic acids is 2. The van der Waals surface area contributed by atoms with Crippen molar-refractivity contribution in [3.05, 3.63) is 0 Å². The van der Waals surface area contributed by atoms with Crippen molar-refractivity contribution < 1.29 is 34.2 Å². The highest BCUT2D eigenvalue weighted by atomic mass is 32.2. The standard InChI is InChI=1S/C22H42N8O7S/c1-38-12-9-15(28-18(33)13(24)5-2-3-10-23)20(35)29-14(6-4-11-27-22(25)26)19(34)30-16(21(36)37)7-8-17(31)32/h13-16H,2-12,23-24H2,1H3,(H,28,33)(H,29,35)(H,30,34)(H,31,32)(H,36,37)(H4,25,26,27). The summed E-state index contributed by atoms with van der Waals surface area (Å²) in [5, 5.41) is 25.7. The molecule has 0 radical (unpaired) electrons. The number of nitrogens with two attached hydrogens (primary N) is 4. The summed E-state index contributed by atoms with van der Waals surface area (Å²) in [6, 6.07) is -4.51. The summed E-state index contributed by atoms with van der Waals surface area (Å²) in [4.78, 5) is 64.8. The van der Waals surface area contributed by atoms with E-state index in [1.54, 1.807) is 0 Å². The van der Waals surface area contributed by atoms with Crippen molar-refractivity contribution in [2.45, 2.75) is 75.5 Å². The van der Waals surface area contributed by atoms with Crippen LogP contribution in [0.2, 0.25) is 0 Å². The monoisotopic (exact) mass is 562 g/mol. The van der Waals surface area contributed by atoms with Crippen molar-refractivity contribution in [1.29, 1.82) is 0 Å². The smallest absolute Gasteiger partial charge is 0.326 e. The zero-order chi connectivity index (χ0) is 29.1. The number of amides is 3. The minimum atomic E-state index is -1.48. The molecule has 0 aliphatic rings. The number of thioether (sulfide) groups is 1. The quantitative estimate of drug-likeness (QED) is 0.0404. The molecule has 0 rings (SSSR count). The van der Waals surface area contributed by atoms with Gasteiger partial charge in [-0.05, 0) is 57.1 Å². The molecule has 0 aromatic heterocycles. The second-order valence-electron chi connectivity index (χ2n) is 8.58. The van der Waals surface area contributed by atoms with Crippen molar-refractivity contribution in [3.8, 4) is 0 Å². The number of aliphatic carboxylic acids is 2. The Balaban J connectivity index is 5.56.